The zero-order valence-corrected chi connectivity index (χ0v) is 21.5. The van der Waals surface area contributed by atoms with E-state index < -0.39 is 15.2 Å². The standard InChI is InChI=1S/C12H19O5P.C10H15O5P/c1-3-17-18(13,14)10-11-5-4-6-12(9-11)16-8-7-15-2;1-14-5-6-15-10-4-2-3-9(7-10)8-16(11,12)13/h4-6,9H,3,7-8,10H2,1-2H3,(H,13,14);2-4,7H,5-6,8H2,1H3,(H2,11,12,13). The van der Waals surface area contributed by atoms with Gasteiger partial charge in [-0.1, -0.05) is 24.3 Å². The van der Waals surface area contributed by atoms with E-state index in [4.69, 9.17) is 33.3 Å². The molecular formula is C22H34O10P2. The zero-order valence-electron chi connectivity index (χ0n) is 19.7. The van der Waals surface area contributed by atoms with Gasteiger partial charge in [0.1, 0.15) is 24.7 Å². The summed E-state index contributed by atoms with van der Waals surface area (Å²) in [6, 6.07) is 13.8. The van der Waals surface area contributed by atoms with Crippen molar-refractivity contribution in [1.29, 1.82) is 0 Å². The van der Waals surface area contributed by atoms with Gasteiger partial charge in [-0.25, -0.2) is 0 Å². The molecule has 2 aromatic rings. The number of benzene rings is 2. The molecule has 0 aromatic heterocycles. The van der Waals surface area contributed by atoms with E-state index in [0.29, 0.717) is 49.1 Å². The SMILES string of the molecule is CCOP(=O)(O)Cc1cccc(OCCOC)c1.COCCOc1cccc(CP(=O)(O)O)c1. The highest BCUT2D eigenvalue weighted by atomic mass is 31.2. The topological polar surface area (TPSA) is 141 Å². The van der Waals surface area contributed by atoms with Crippen LogP contribution in [0.3, 0.4) is 0 Å². The third-order valence-electron chi connectivity index (χ3n) is 4.01. The summed E-state index contributed by atoms with van der Waals surface area (Å²) in [5.74, 6) is 1.24. The number of hydrogen-bond acceptors (Lipinski definition) is 7. The van der Waals surface area contributed by atoms with E-state index in [1.54, 1.807) is 69.7 Å². The summed E-state index contributed by atoms with van der Waals surface area (Å²) in [6.45, 7) is 3.74. The lowest BCUT2D eigenvalue weighted by Gasteiger charge is -2.12. The average Bonchev–Trinajstić information content (AvgIpc) is 2.74. The molecule has 192 valence electrons. The second kappa shape index (κ2) is 16.0. The van der Waals surface area contributed by atoms with Gasteiger partial charge in [-0.3, -0.25) is 9.13 Å². The van der Waals surface area contributed by atoms with Crippen molar-refractivity contribution in [3.63, 3.8) is 0 Å². The molecule has 0 saturated carbocycles. The Morgan fingerprint density at radius 1 is 0.735 bits per heavy atom. The van der Waals surface area contributed by atoms with Crippen molar-refractivity contribution in [3.8, 4) is 11.5 Å². The minimum Gasteiger partial charge on any atom is -0.491 e. The molecule has 0 fully saturated rings. The maximum absolute atomic E-state index is 11.6. The molecule has 2 rings (SSSR count). The van der Waals surface area contributed by atoms with Gasteiger partial charge in [-0.05, 0) is 42.3 Å². The zero-order chi connectivity index (χ0) is 25.5. The number of ether oxygens (including phenoxy) is 4. The van der Waals surface area contributed by atoms with Crippen LogP contribution in [0.1, 0.15) is 18.1 Å². The predicted molar refractivity (Wildman–Crippen MR) is 129 cm³/mol. The van der Waals surface area contributed by atoms with E-state index in [1.165, 1.54) is 0 Å². The van der Waals surface area contributed by atoms with Crippen LogP contribution in [0.4, 0.5) is 0 Å². The van der Waals surface area contributed by atoms with E-state index in [0.717, 1.165) is 0 Å². The van der Waals surface area contributed by atoms with E-state index in [2.05, 4.69) is 0 Å². The van der Waals surface area contributed by atoms with Gasteiger partial charge in [0.15, 0.2) is 0 Å². The molecular weight excluding hydrogens is 486 g/mol. The van der Waals surface area contributed by atoms with Gasteiger partial charge < -0.3 is 38.2 Å². The molecule has 0 aliphatic carbocycles. The van der Waals surface area contributed by atoms with Crippen LogP contribution in [0.5, 0.6) is 11.5 Å². The number of hydrogen-bond donors (Lipinski definition) is 3. The summed E-state index contributed by atoms with van der Waals surface area (Å²) >= 11 is 0. The summed E-state index contributed by atoms with van der Waals surface area (Å²) in [5, 5.41) is 0. The Bertz CT molecular complexity index is 931. The van der Waals surface area contributed by atoms with Gasteiger partial charge in [0.2, 0.25) is 0 Å². The van der Waals surface area contributed by atoms with Crippen LogP contribution in [0.25, 0.3) is 0 Å². The molecule has 10 nitrogen and oxygen atoms in total. The van der Waals surface area contributed by atoms with Gasteiger partial charge in [0.05, 0.1) is 32.1 Å². The first-order valence-corrected chi connectivity index (χ1v) is 14.1. The highest BCUT2D eigenvalue weighted by molar-refractivity contribution is 7.52. The fourth-order valence-electron chi connectivity index (χ4n) is 2.67. The average molecular weight is 520 g/mol. The summed E-state index contributed by atoms with van der Waals surface area (Å²) in [5.41, 5.74) is 1.27. The molecule has 0 heterocycles. The van der Waals surface area contributed by atoms with Crippen LogP contribution < -0.4 is 9.47 Å². The Morgan fingerprint density at radius 2 is 1.21 bits per heavy atom. The predicted octanol–water partition coefficient (Wildman–Crippen LogP) is 3.82. The van der Waals surface area contributed by atoms with E-state index in [1.807, 2.05) is 0 Å². The van der Waals surface area contributed by atoms with Gasteiger partial charge in [0.25, 0.3) is 0 Å². The van der Waals surface area contributed by atoms with Gasteiger partial charge in [-0.2, -0.15) is 0 Å². The molecule has 0 radical (unpaired) electrons. The molecule has 0 saturated heterocycles. The molecule has 3 N–H and O–H groups in total. The number of rotatable bonds is 14. The molecule has 1 atom stereocenters. The van der Waals surface area contributed by atoms with Crippen LogP contribution in [-0.4, -0.2) is 61.9 Å². The van der Waals surface area contributed by atoms with Crippen LogP contribution in [0.2, 0.25) is 0 Å². The first-order valence-electron chi connectivity index (χ1n) is 10.5. The van der Waals surface area contributed by atoms with Crippen LogP contribution >= 0.6 is 15.2 Å². The number of methoxy groups -OCH3 is 2. The third kappa shape index (κ3) is 14.5. The van der Waals surface area contributed by atoms with Gasteiger partial charge in [-0.15, -0.1) is 0 Å². The van der Waals surface area contributed by atoms with Crippen molar-refractivity contribution < 1.29 is 47.3 Å². The normalized spacial score (nSPS) is 12.9. The fourth-order valence-corrected chi connectivity index (χ4v) is 4.49. The molecule has 0 amide bonds. The van der Waals surface area contributed by atoms with E-state index in [-0.39, 0.29) is 18.9 Å². The molecule has 0 bridgehead atoms. The molecule has 1 unspecified atom stereocenters. The van der Waals surface area contributed by atoms with E-state index in [9.17, 15) is 14.0 Å². The largest absolute Gasteiger partial charge is 0.491 e. The van der Waals surface area contributed by atoms with Crippen molar-refractivity contribution in [3.05, 3.63) is 59.7 Å². The summed E-state index contributed by atoms with van der Waals surface area (Å²) in [4.78, 5) is 27.2. The maximum atomic E-state index is 11.6. The van der Waals surface area contributed by atoms with Crippen molar-refractivity contribution in [2.24, 2.45) is 0 Å². The highest BCUT2D eigenvalue weighted by Gasteiger charge is 2.19. The quantitative estimate of drug-likeness (QED) is 0.249. The fraction of sp³-hybridized carbons (Fsp3) is 0.455. The molecule has 0 aliphatic heterocycles. The molecule has 0 spiro atoms. The van der Waals surface area contributed by atoms with Crippen molar-refractivity contribution in [2.45, 2.75) is 19.2 Å². The summed E-state index contributed by atoms with van der Waals surface area (Å²) in [7, 11) is -4.39. The van der Waals surface area contributed by atoms with Crippen LogP contribution in [-0.2, 0) is 35.5 Å². The Balaban J connectivity index is 0.000000342. The van der Waals surface area contributed by atoms with Crippen molar-refractivity contribution >= 4 is 15.2 Å². The lowest BCUT2D eigenvalue weighted by molar-refractivity contribution is 0.146. The van der Waals surface area contributed by atoms with Gasteiger partial charge >= 0.3 is 15.2 Å². The molecule has 34 heavy (non-hydrogen) atoms. The minimum absolute atomic E-state index is 0.0116. The third-order valence-corrected chi connectivity index (χ3v) is 6.21. The highest BCUT2D eigenvalue weighted by Crippen LogP contribution is 2.45. The first kappa shape index (κ1) is 30.3. The van der Waals surface area contributed by atoms with Crippen LogP contribution in [0.15, 0.2) is 48.5 Å². The maximum Gasteiger partial charge on any atom is 0.332 e. The Morgan fingerprint density at radius 3 is 1.62 bits per heavy atom. The first-order chi connectivity index (χ1) is 16.1. The van der Waals surface area contributed by atoms with E-state index >= 15 is 0 Å². The molecule has 12 heteroatoms. The monoisotopic (exact) mass is 520 g/mol. The second-order valence-corrected chi connectivity index (χ2v) is 10.5. The van der Waals surface area contributed by atoms with Crippen molar-refractivity contribution in [2.75, 3.05) is 47.3 Å². The lowest BCUT2D eigenvalue weighted by Crippen LogP contribution is -2.04. The minimum atomic E-state index is -4.02. The lowest BCUT2D eigenvalue weighted by atomic mass is 10.2. The summed E-state index contributed by atoms with van der Waals surface area (Å²) < 4.78 is 47.7. The van der Waals surface area contributed by atoms with Crippen LogP contribution in [0, 0.1) is 0 Å². The Labute approximate surface area is 200 Å². The Hall–Kier alpha value is -1.74. The molecule has 0 aliphatic rings. The smallest absolute Gasteiger partial charge is 0.332 e. The second-order valence-electron chi connectivity index (χ2n) is 7.01. The molecule has 2 aromatic carbocycles. The Kier molecular flexibility index (Phi) is 14.3. The van der Waals surface area contributed by atoms with Crippen molar-refractivity contribution in [1.82, 2.24) is 0 Å². The van der Waals surface area contributed by atoms with Gasteiger partial charge in [0, 0.05) is 14.2 Å². The summed E-state index contributed by atoms with van der Waals surface area (Å²) in [6.07, 6.45) is -0.281.